The van der Waals surface area contributed by atoms with E-state index < -0.39 is 10.0 Å². The summed E-state index contributed by atoms with van der Waals surface area (Å²) in [5, 5.41) is 9.24. The average molecular weight is 370 g/mol. The van der Waals surface area contributed by atoms with Gasteiger partial charge >= 0.3 is 0 Å². The first kappa shape index (κ1) is 16.0. The predicted molar refractivity (Wildman–Crippen MR) is 86.8 cm³/mol. The Bertz CT molecular complexity index is 772. The van der Waals surface area contributed by atoms with Gasteiger partial charge in [0.25, 0.3) is 10.0 Å². The molecule has 0 radical (unpaired) electrons. The summed E-state index contributed by atoms with van der Waals surface area (Å²) in [6, 6.07) is 9.94. The lowest BCUT2D eigenvalue weighted by molar-refractivity contribution is 0.281. The van der Waals surface area contributed by atoms with Crippen molar-refractivity contribution in [3.8, 4) is 0 Å². The van der Waals surface area contributed by atoms with Gasteiger partial charge in [0.15, 0.2) is 0 Å². The standard InChI is InChI=1S/C15H16BrNO3S/c1-10-3-5-14(8-12(10)9-18)21(19,20)17-13-4-6-15(16)11(2)7-13/h3-8,17-18H,9H2,1-2H3. The van der Waals surface area contributed by atoms with Crippen molar-refractivity contribution >= 4 is 31.6 Å². The molecule has 0 unspecified atom stereocenters. The lowest BCUT2D eigenvalue weighted by atomic mass is 10.1. The number of hydrogen-bond donors (Lipinski definition) is 2. The maximum atomic E-state index is 12.4. The summed E-state index contributed by atoms with van der Waals surface area (Å²) in [6.07, 6.45) is 0. The van der Waals surface area contributed by atoms with E-state index in [1.807, 2.05) is 13.8 Å². The molecule has 2 aromatic rings. The average Bonchev–Trinajstić information content (AvgIpc) is 2.43. The van der Waals surface area contributed by atoms with Crippen molar-refractivity contribution in [3.63, 3.8) is 0 Å². The molecule has 0 spiro atoms. The van der Waals surface area contributed by atoms with Crippen molar-refractivity contribution in [2.45, 2.75) is 25.3 Å². The van der Waals surface area contributed by atoms with E-state index in [0.717, 1.165) is 15.6 Å². The quantitative estimate of drug-likeness (QED) is 0.867. The molecule has 2 rings (SSSR count). The van der Waals surface area contributed by atoms with Crippen LogP contribution in [0.25, 0.3) is 0 Å². The van der Waals surface area contributed by atoms with Crippen LogP contribution in [0.5, 0.6) is 0 Å². The van der Waals surface area contributed by atoms with E-state index in [2.05, 4.69) is 20.7 Å². The normalized spacial score (nSPS) is 11.4. The molecule has 0 aliphatic heterocycles. The smallest absolute Gasteiger partial charge is 0.261 e. The van der Waals surface area contributed by atoms with Crippen molar-refractivity contribution in [3.05, 3.63) is 57.6 Å². The first-order chi connectivity index (χ1) is 9.83. The summed E-state index contributed by atoms with van der Waals surface area (Å²) >= 11 is 3.38. The highest BCUT2D eigenvalue weighted by molar-refractivity contribution is 9.10. The molecule has 0 aromatic heterocycles. The molecule has 0 saturated heterocycles. The fourth-order valence-electron chi connectivity index (χ4n) is 1.91. The molecule has 0 fully saturated rings. The number of benzene rings is 2. The van der Waals surface area contributed by atoms with Crippen molar-refractivity contribution in [1.29, 1.82) is 0 Å². The Balaban J connectivity index is 2.35. The minimum absolute atomic E-state index is 0.137. The number of aliphatic hydroxyl groups is 1. The van der Waals surface area contributed by atoms with Crippen molar-refractivity contribution in [2.75, 3.05) is 4.72 Å². The maximum Gasteiger partial charge on any atom is 0.261 e. The topological polar surface area (TPSA) is 66.4 Å². The number of hydrogen-bond acceptors (Lipinski definition) is 3. The van der Waals surface area contributed by atoms with Gasteiger partial charge < -0.3 is 5.11 Å². The third kappa shape index (κ3) is 3.64. The fraction of sp³-hybridized carbons (Fsp3) is 0.200. The second kappa shape index (κ2) is 6.17. The molecule has 4 nitrogen and oxygen atoms in total. The molecule has 0 aliphatic carbocycles. The summed E-state index contributed by atoms with van der Waals surface area (Å²) in [5.74, 6) is 0. The third-order valence-corrected chi connectivity index (χ3v) is 5.48. The van der Waals surface area contributed by atoms with Crippen LogP contribution in [0.4, 0.5) is 5.69 Å². The molecule has 6 heteroatoms. The Morgan fingerprint density at radius 1 is 1.10 bits per heavy atom. The van der Waals surface area contributed by atoms with Crippen LogP contribution in [0.15, 0.2) is 45.8 Å². The molecule has 2 aromatic carbocycles. The molecule has 112 valence electrons. The van der Waals surface area contributed by atoms with E-state index in [1.165, 1.54) is 12.1 Å². The summed E-state index contributed by atoms with van der Waals surface area (Å²) in [7, 11) is -3.67. The second-order valence-electron chi connectivity index (χ2n) is 4.82. The van der Waals surface area contributed by atoms with Gasteiger partial charge in [-0.1, -0.05) is 22.0 Å². The Labute approximate surface area is 133 Å². The summed E-state index contributed by atoms with van der Waals surface area (Å²) < 4.78 is 28.2. The van der Waals surface area contributed by atoms with Gasteiger partial charge in [0.2, 0.25) is 0 Å². The van der Waals surface area contributed by atoms with Gasteiger partial charge in [-0.15, -0.1) is 0 Å². The zero-order valence-corrected chi connectivity index (χ0v) is 14.1. The van der Waals surface area contributed by atoms with Gasteiger partial charge in [0.05, 0.1) is 11.5 Å². The van der Waals surface area contributed by atoms with E-state index in [1.54, 1.807) is 24.3 Å². The minimum Gasteiger partial charge on any atom is -0.392 e. The Kier molecular flexibility index (Phi) is 4.70. The van der Waals surface area contributed by atoms with E-state index in [-0.39, 0.29) is 11.5 Å². The minimum atomic E-state index is -3.67. The fourth-order valence-corrected chi connectivity index (χ4v) is 3.25. The lowest BCUT2D eigenvalue weighted by Crippen LogP contribution is -2.13. The number of aryl methyl sites for hydroxylation is 2. The Morgan fingerprint density at radius 3 is 2.43 bits per heavy atom. The summed E-state index contributed by atoms with van der Waals surface area (Å²) in [5.41, 5.74) is 2.90. The molecular formula is C15H16BrNO3S. The third-order valence-electron chi connectivity index (χ3n) is 3.21. The monoisotopic (exact) mass is 369 g/mol. The van der Waals surface area contributed by atoms with Gasteiger partial charge in [-0.05, 0) is 60.9 Å². The zero-order chi connectivity index (χ0) is 15.6. The van der Waals surface area contributed by atoms with Crippen LogP contribution in [0.3, 0.4) is 0 Å². The van der Waals surface area contributed by atoms with E-state index in [9.17, 15) is 13.5 Å². The molecule has 0 bridgehead atoms. The van der Waals surface area contributed by atoms with Gasteiger partial charge in [0, 0.05) is 10.2 Å². The van der Waals surface area contributed by atoms with Gasteiger partial charge in [-0.3, -0.25) is 4.72 Å². The first-order valence-electron chi connectivity index (χ1n) is 6.33. The van der Waals surface area contributed by atoms with Crippen LogP contribution in [0.1, 0.15) is 16.7 Å². The molecule has 0 aliphatic rings. The number of anilines is 1. The Morgan fingerprint density at radius 2 is 1.81 bits per heavy atom. The number of aliphatic hydroxyl groups excluding tert-OH is 1. The van der Waals surface area contributed by atoms with Crippen LogP contribution in [-0.4, -0.2) is 13.5 Å². The van der Waals surface area contributed by atoms with Crippen molar-refractivity contribution in [1.82, 2.24) is 0 Å². The number of nitrogens with one attached hydrogen (secondary N) is 1. The SMILES string of the molecule is Cc1cc(NS(=O)(=O)c2ccc(C)c(CO)c2)ccc1Br. The lowest BCUT2D eigenvalue weighted by Gasteiger charge is -2.11. The first-order valence-corrected chi connectivity index (χ1v) is 8.60. The highest BCUT2D eigenvalue weighted by Gasteiger charge is 2.15. The molecule has 0 amide bonds. The Hall–Kier alpha value is -1.37. The van der Waals surface area contributed by atoms with Crippen LogP contribution < -0.4 is 4.72 Å². The summed E-state index contributed by atoms with van der Waals surface area (Å²) in [6.45, 7) is 3.53. The van der Waals surface area contributed by atoms with E-state index >= 15 is 0 Å². The highest BCUT2D eigenvalue weighted by Crippen LogP contribution is 2.23. The molecule has 2 N–H and O–H groups in total. The zero-order valence-electron chi connectivity index (χ0n) is 11.7. The van der Waals surface area contributed by atoms with Crippen LogP contribution in [0.2, 0.25) is 0 Å². The molecular weight excluding hydrogens is 354 g/mol. The van der Waals surface area contributed by atoms with Crippen LogP contribution in [0, 0.1) is 13.8 Å². The van der Waals surface area contributed by atoms with E-state index in [4.69, 9.17) is 0 Å². The maximum absolute atomic E-state index is 12.4. The van der Waals surface area contributed by atoms with Crippen molar-refractivity contribution in [2.24, 2.45) is 0 Å². The molecule has 0 heterocycles. The second-order valence-corrected chi connectivity index (χ2v) is 7.35. The van der Waals surface area contributed by atoms with Gasteiger partial charge in [-0.2, -0.15) is 0 Å². The highest BCUT2D eigenvalue weighted by atomic mass is 79.9. The number of sulfonamides is 1. The number of halogens is 1. The van der Waals surface area contributed by atoms with Gasteiger partial charge in [-0.25, -0.2) is 8.42 Å². The van der Waals surface area contributed by atoms with Crippen LogP contribution in [-0.2, 0) is 16.6 Å². The molecule has 0 atom stereocenters. The van der Waals surface area contributed by atoms with Crippen molar-refractivity contribution < 1.29 is 13.5 Å². The molecule has 21 heavy (non-hydrogen) atoms. The summed E-state index contributed by atoms with van der Waals surface area (Å²) in [4.78, 5) is 0.137. The molecule has 0 saturated carbocycles. The number of rotatable bonds is 4. The largest absolute Gasteiger partial charge is 0.392 e. The van der Waals surface area contributed by atoms with Gasteiger partial charge in [0.1, 0.15) is 0 Å². The van der Waals surface area contributed by atoms with E-state index in [0.29, 0.717) is 11.3 Å². The predicted octanol–water partition coefficient (Wildman–Crippen LogP) is 3.36. The van der Waals surface area contributed by atoms with Crippen LogP contribution >= 0.6 is 15.9 Å².